The topological polar surface area (TPSA) is 83.0 Å². The number of hydrogen-bond donors (Lipinski definition) is 2. The van der Waals surface area contributed by atoms with Crippen molar-refractivity contribution in [2.45, 2.75) is 0 Å². The van der Waals surface area contributed by atoms with Gasteiger partial charge < -0.3 is 29.7 Å². The van der Waals surface area contributed by atoms with Crippen molar-refractivity contribution in [1.82, 2.24) is 9.38 Å². The molecule has 0 saturated carbocycles. The van der Waals surface area contributed by atoms with Crippen molar-refractivity contribution in [2.75, 3.05) is 39.7 Å². The Bertz CT molecular complexity index is 926. The number of nitrogens with one attached hydrogen (secondary N) is 1. The second kappa shape index (κ2) is 7.72. The smallest absolute Gasteiger partial charge is 0.147 e. The molecule has 0 aliphatic heterocycles. The minimum atomic E-state index is 0.489. The number of nitrogens with two attached hydrogens (primary N) is 1. The lowest BCUT2D eigenvalue weighted by Gasteiger charge is -2.10. The molecule has 1 aromatic carbocycles. The summed E-state index contributed by atoms with van der Waals surface area (Å²) in [4.78, 5) is 4.67. The van der Waals surface area contributed by atoms with Gasteiger partial charge in [0.1, 0.15) is 22.9 Å². The van der Waals surface area contributed by atoms with Crippen molar-refractivity contribution in [3.63, 3.8) is 0 Å². The summed E-state index contributed by atoms with van der Waals surface area (Å²) in [7, 11) is 4.78. The van der Waals surface area contributed by atoms with Gasteiger partial charge in [-0.1, -0.05) is 11.6 Å². The third-order valence-electron chi connectivity index (χ3n) is 3.98. The lowest BCUT2D eigenvalue weighted by atomic mass is 10.1. The second-order valence-corrected chi connectivity index (χ2v) is 5.96. The number of hydrogen-bond acceptors (Lipinski definition) is 6. The summed E-state index contributed by atoms with van der Waals surface area (Å²) >= 11 is 6.28. The molecular formula is C18H21ClN4O3. The van der Waals surface area contributed by atoms with Crippen LogP contribution in [-0.4, -0.2) is 43.8 Å². The van der Waals surface area contributed by atoms with Crippen molar-refractivity contribution < 1.29 is 14.2 Å². The molecule has 26 heavy (non-hydrogen) atoms. The number of methoxy groups -OCH3 is 3. The monoisotopic (exact) mass is 376 g/mol. The molecule has 0 fully saturated rings. The zero-order valence-electron chi connectivity index (χ0n) is 14.9. The highest BCUT2D eigenvalue weighted by atomic mass is 35.5. The van der Waals surface area contributed by atoms with E-state index in [1.54, 1.807) is 33.5 Å². The van der Waals surface area contributed by atoms with Crippen molar-refractivity contribution in [1.29, 1.82) is 0 Å². The van der Waals surface area contributed by atoms with Crippen LogP contribution in [0.3, 0.4) is 0 Å². The van der Waals surface area contributed by atoms with Crippen LogP contribution >= 0.6 is 11.6 Å². The zero-order valence-corrected chi connectivity index (χ0v) is 15.6. The molecule has 3 rings (SSSR count). The van der Waals surface area contributed by atoms with Crippen molar-refractivity contribution >= 4 is 22.9 Å². The number of halogens is 1. The van der Waals surface area contributed by atoms with Gasteiger partial charge in [0.05, 0.1) is 37.7 Å². The predicted octanol–water partition coefficient (Wildman–Crippen LogP) is 3.05. The molecule has 0 unspecified atom stereocenters. The van der Waals surface area contributed by atoms with Crippen LogP contribution in [0.4, 0.5) is 5.69 Å². The Morgan fingerprint density at radius 2 is 1.77 bits per heavy atom. The van der Waals surface area contributed by atoms with E-state index in [9.17, 15) is 0 Å². The summed E-state index contributed by atoms with van der Waals surface area (Å²) in [5.74, 6) is 1.87. The minimum Gasteiger partial charge on any atom is -0.496 e. The number of ether oxygens (including phenoxy) is 3. The normalized spacial score (nSPS) is 10.8. The van der Waals surface area contributed by atoms with E-state index in [0.29, 0.717) is 35.4 Å². The molecule has 0 saturated heterocycles. The highest BCUT2D eigenvalue weighted by Crippen LogP contribution is 2.38. The van der Waals surface area contributed by atoms with Crippen LogP contribution in [0.25, 0.3) is 16.9 Å². The number of fused-ring (bicyclic) bond motifs is 1. The van der Waals surface area contributed by atoms with Crippen LogP contribution in [0, 0.1) is 0 Å². The third-order valence-corrected chi connectivity index (χ3v) is 4.28. The van der Waals surface area contributed by atoms with E-state index < -0.39 is 0 Å². The lowest BCUT2D eigenvalue weighted by molar-refractivity contribution is 0.395. The maximum Gasteiger partial charge on any atom is 0.147 e. The van der Waals surface area contributed by atoms with Crippen molar-refractivity contribution in [3.8, 4) is 28.5 Å². The fourth-order valence-electron chi connectivity index (χ4n) is 2.71. The van der Waals surface area contributed by atoms with Crippen LogP contribution in [0.5, 0.6) is 17.2 Å². The van der Waals surface area contributed by atoms with Crippen LogP contribution in [0.1, 0.15) is 0 Å². The Morgan fingerprint density at radius 3 is 2.42 bits per heavy atom. The average molecular weight is 377 g/mol. The molecular weight excluding hydrogens is 356 g/mol. The number of pyridine rings is 1. The molecule has 0 amide bonds. The first-order chi connectivity index (χ1) is 12.6. The molecule has 0 aliphatic rings. The van der Waals surface area contributed by atoms with Gasteiger partial charge in [0.15, 0.2) is 0 Å². The molecule has 3 N–H and O–H groups in total. The molecule has 3 aromatic rings. The van der Waals surface area contributed by atoms with Crippen LogP contribution in [-0.2, 0) is 0 Å². The number of anilines is 1. The van der Waals surface area contributed by atoms with Gasteiger partial charge in [0.2, 0.25) is 0 Å². The van der Waals surface area contributed by atoms with Gasteiger partial charge in [-0.15, -0.1) is 0 Å². The standard InChI is InChI=1S/C18H21ClN4O3/c1-24-15-7-16(25-2)12(19)6-11(15)13-9-23-10-14(21-5-4-20)17(26-3)8-18(23)22-13/h6-10,21H,4-5,20H2,1-3H3. The molecule has 0 spiro atoms. The average Bonchev–Trinajstić information content (AvgIpc) is 3.07. The Morgan fingerprint density at radius 1 is 1.04 bits per heavy atom. The number of nitrogens with zero attached hydrogens (tertiary/aromatic N) is 2. The maximum atomic E-state index is 6.28. The number of rotatable bonds is 7. The van der Waals surface area contributed by atoms with E-state index >= 15 is 0 Å². The summed E-state index contributed by atoms with van der Waals surface area (Å²) in [6.45, 7) is 1.17. The number of benzene rings is 1. The Kier molecular flexibility index (Phi) is 5.39. The SMILES string of the molecule is COc1cc(OC)c(-c2cn3cc(NCCN)c(OC)cc3n2)cc1Cl. The number of aromatic nitrogens is 2. The Labute approximate surface area is 156 Å². The molecule has 2 heterocycles. The quantitative estimate of drug-likeness (QED) is 0.659. The predicted molar refractivity (Wildman–Crippen MR) is 103 cm³/mol. The Hall–Kier alpha value is -2.64. The summed E-state index contributed by atoms with van der Waals surface area (Å²) in [6.07, 6.45) is 3.82. The van der Waals surface area contributed by atoms with Crippen LogP contribution in [0.15, 0.2) is 30.6 Å². The van der Waals surface area contributed by atoms with Gasteiger partial charge >= 0.3 is 0 Å². The van der Waals surface area contributed by atoms with Gasteiger partial charge in [0.25, 0.3) is 0 Å². The van der Waals surface area contributed by atoms with Gasteiger partial charge in [-0.3, -0.25) is 0 Å². The summed E-state index contributed by atoms with van der Waals surface area (Å²) in [5, 5.41) is 3.73. The van der Waals surface area contributed by atoms with E-state index in [1.807, 2.05) is 22.9 Å². The van der Waals surface area contributed by atoms with E-state index in [2.05, 4.69) is 10.3 Å². The highest BCUT2D eigenvalue weighted by molar-refractivity contribution is 6.32. The van der Waals surface area contributed by atoms with Crippen LogP contribution < -0.4 is 25.3 Å². The third kappa shape index (κ3) is 3.36. The second-order valence-electron chi connectivity index (χ2n) is 5.55. The highest BCUT2D eigenvalue weighted by Gasteiger charge is 2.16. The first kappa shape index (κ1) is 18.2. The van der Waals surface area contributed by atoms with Crippen molar-refractivity contribution in [2.24, 2.45) is 5.73 Å². The largest absolute Gasteiger partial charge is 0.496 e. The fraction of sp³-hybridized carbons (Fsp3) is 0.278. The van der Waals surface area contributed by atoms with Gasteiger partial charge in [-0.25, -0.2) is 4.98 Å². The number of imidazole rings is 1. The van der Waals surface area contributed by atoms with E-state index in [4.69, 9.17) is 31.5 Å². The molecule has 0 radical (unpaired) electrons. The summed E-state index contributed by atoms with van der Waals surface area (Å²) in [6, 6.07) is 5.39. The molecule has 0 atom stereocenters. The molecule has 7 nitrogen and oxygen atoms in total. The van der Waals surface area contributed by atoms with Gasteiger partial charge in [0, 0.05) is 43.2 Å². The molecule has 0 bridgehead atoms. The van der Waals surface area contributed by atoms with Gasteiger partial charge in [-0.2, -0.15) is 0 Å². The summed E-state index contributed by atoms with van der Waals surface area (Å²) in [5.41, 5.74) is 8.65. The van der Waals surface area contributed by atoms with E-state index in [0.717, 1.165) is 22.6 Å². The van der Waals surface area contributed by atoms with Crippen molar-refractivity contribution in [3.05, 3.63) is 35.6 Å². The minimum absolute atomic E-state index is 0.489. The summed E-state index contributed by atoms with van der Waals surface area (Å²) < 4.78 is 18.1. The lowest BCUT2D eigenvalue weighted by Crippen LogP contribution is -2.14. The van der Waals surface area contributed by atoms with E-state index in [1.165, 1.54) is 0 Å². The first-order valence-electron chi connectivity index (χ1n) is 8.03. The molecule has 0 aliphatic carbocycles. The maximum absolute atomic E-state index is 6.28. The van der Waals surface area contributed by atoms with Gasteiger partial charge in [-0.05, 0) is 6.07 Å². The van der Waals surface area contributed by atoms with E-state index in [-0.39, 0.29) is 0 Å². The first-order valence-corrected chi connectivity index (χ1v) is 8.41. The fourth-order valence-corrected chi connectivity index (χ4v) is 2.96. The van der Waals surface area contributed by atoms with Crippen LogP contribution in [0.2, 0.25) is 5.02 Å². The molecule has 138 valence electrons. The zero-order chi connectivity index (χ0) is 18.7. The molecule has 8 heteroatoms. The Balaban J connectivity index is 2.10. The molecule has 2 aromatic heterocycles.